The van der Waals surface area contributed by atoms with Crippen molar-refractivity contribution >= 4 is 33.1 Å². The Hall–Kier alpha value is -3.46. The predicted octanol–water partition coefficient (Wildman–Crippen LogP) is 6.47. The largest absolute Gasteiger partial charge is 0.418 e. The molecule has 9 heteroatoms. The minimum atomic E-state index is -4.62. The van der Waals surface area contributed by atoms with E-state index in [0.29, 0.717) is 21.7 Å². The van der Waals surface area contributed by atoms with E-state index in [2.05, 4.69) is 24.1 Å². The summed E-state index contributed by atoms with van der Waals surface area (Å²) < 4.78 is 41.0. The number of para-hydroxylation sites is 1. The zero-order valence-electron chi connectivity index (χ0n) is 18.7. The first-order valence-corrected chi connectivity index (χ1v) is 11.5. The second kappa shape index (κ2) is 9.06. The molecule has 34 heavy (non-hydrogen) atoms. The van der Waals surface area contributed by atoms with Crippen LogP contribution in [-0.4, -0.2) is 15.5 Å². The number of nitrogens with one attached hydrogen (secondary N) is 1. The molecule has 0 saturated heterocycles. The Morgan fingerprint density at radius 1 is 1.06 bits per heavy atom. The second-order valence-electron chi connectivity index (χ2n) is 8.27. The first-order valence-electron chi connectivity index (χ1n) is 10.6. The van der Waals surface area contributed by atoms with Gasteiger partial charge in [-0.1, -0.05) is 50.2 Å². The highest BCUT2D eigenvalue weighted by Gasteiger charge is 2.34. The van der Waals surface area contributed by atoms with Gasteiger partial charge in [0.1, 0.15) is 10.9 Å². The Morgan fingerprint density at radius 2 is 1.74 bits per heavy atom. The maximum Gasteiger partial charge on any atom is 0.418 e. The van der Waals surface area contributed by atoms with E-state index in [1.807, 2.05) is 29.6 Å². The summed E-state index contributed by atoms with van der Waals surface area (Å²) in [6, 6.07) is 11.5. The van der Waals surface area contributed by atoms with Crippen molar-refractivity contribution in [3.05, 3.63) is 81.7 Å². The van der Waals surface area contributed by atoms with E-state index in [0.717, 1.165) is 16.2 Å². The van der Waals surface area contributed by atoms with Crippen LogP contribution >= 0.6 is 11.3 Å². The number of benzene rings is 2. The highest BCUT2D eigenvalue weighted by Crippen LogP contribution is 2.35. The van der Waals surface area contributed by atoms with Gasteiger partial charge in [0.05, 0.1) is 23.0 Å². The molecule has 1 unspecified atom stereocenters. The van der Waals surface area contributed by atoms with E-state index in [1.165, 1.54) is 48.4 Å². The molecule has 4 aromatic rings. The van der Waals surface area contributed by atoms with Crippen LogP contribution < -0.4 is 10.9 Å². The van der Waals surface area contributed by atoms with Gasteiger partial charge in [0.2, 0.25) is 5.91 Å². The fraction of sp³-hybridized carbons (Fsp3) is 0.240. The topological polar surface area (TPSA) is 64.0 Å². The zero-order chi connectivity index (χ0) is 24.6. The molecule has 0 bridgehead atoms. The Bertz CT molecular complexity index is 1410. The van der Waals surface area contributed by atoms with Gasteiger partial charge >= 0.3 is 6.18 Å². The van der Waals surface area contributed by atoms with E-state index >= 15 is 0 Å². The minimum absolute atomic E-state index is 0.365. The molecule has 0 aliphatic carbocycles. The second-order valence-corrected chi connectivity index (χ2v) is 9.13. The molecule has 176 valence electrons. The third-order valence-electron chi connectivity index (χ3n) is 5.69. The number of anilines is 1. The van der Waals surface area contributed by atoms with Crippen molar-refractivity contribution in [3.63, 3.8) is 0 Å². The lowest BCUT2D eigenvalue weighted by Gasteiger charge is -2.18. The summed E-state index contributed by atoms with van der Waals surface area (Å²) in [5, 5.41) is 4.52. The van der Waals surface area contributed by atoms with Gasteiger partial charge in [0.15, 0.2) is 0 Å². The lowest BCUT2D eigenvalue weighted by molar-refractivity contribution is -0.137. The van der Waals surface area contributed by atoms with E-state index in [1.54, 1.807) is 0 Å². The summed E-state index contributed by atoms with van der Waals surface area (Å²) in [6.07, 6.45) is -3.37. The number of aromatic nitrogens is 2. The number of halogens is 3. The smallest absolute Gasteiger partial charge is 0.324 e. The summed E-state index contributed by atoms with van der Waals surface area (Å²) in [4.78, 5) is 31.0. The fourth-order valence-electron chi connectivity index (χ4n) is 3.68. The number of thiophene rings is 1. The molecule has 5 nitrogen and oxygen atoms in total. The van der Waals surface area contributed by atoms with Gasteiger partial charge in [0.25, 0.3) is 5.56 Å². The van der Waals surface area contributed by atoms with Crippen molar-refractivity contribution in [1.29, 1.82) is 0 Å². The summed E-state index contributed by atoms with van der Waals surface area (Å²) in [6.45, 7) is 5.64. The van der Waals surface area contributed by atoms with Crippen molar-refractivity contribution in [2.75, 3.05) is 5.32 Å². The third kappa shape index (κ3) is 4.48. The van der Waals surface area contributed by atoms with Gasteiger partial charge in [0, 0.05) is 10.9 Å². The Morgan fingerprint density at radius 3 is 2.38 bits per heavy atom. The monoisotopic (exact) mass is 485 g/mol. The highest BCUT2D eigenvalue weighted by atomic mass is 32.1. The van der Waals surface area contributed by atoms with E-state index < -0.39 is 29.2 Å². The van der Waals surface area contributed by atoms with Gasteiger partial charge in [-0.15, -0.1) is 11.3 Å². The molecule has 2 heterocycles. The van der Waals surface area contributed by atoms with E-state index in [9.17, 15) is 22.8 Å². The number of carbonyl (C=O) groups excluding carboxylic acids is 1. The molecule has 0 aliphatic rings. The molecule has 0 saturated carbocycles. The summed E-state index contributed by atoms with van der Waals surface area (Å²) in [5.41, 5.74) is 0.974. The lowest BCUT2D eigenvalue weighted by Crippen LogP contribution is -2.32. The van der Waals surface area contributed by atoms with Crippen LogP contribution in [0.2, 0.25) is 0 Å². The molecule has 1 atom stereocenters. The van der Waals surface area contributed by atoms with Crippen molar-refractivity contribution in [2.45, 2.75) is 38.9 Å². The SMILES string of the molecule is CC(C)c1ccc(-c2csc3ncn(C(C)C(=O)Nc4ccccc4C(F)(F)F)c(=O)c23)cc1. The Kier molecular flexibility index (Phi) is 6.31. The summed E-state index contributed by atoms with van der Waals surface area (Å²) in [7, 11) is 0. The first kappa shape index (κ1) is 23.7. The van der Waals surface area contributed by atoms with Crippen LogP contribution in [0.4, 0.5) is 18.9 Å². The molecule has 1 amide bonds. The van der Waals surface area contributed by atoms with Crippen LogP contribution in [0.5, 0.6) is 0 Å². The quantitative estimate of drug-likeness (QED) is 0.353. The average molecular weight is 486 g/mol. The third-order valence-corrected chi connectivity index (χ3v) is 6.58. The number of rotatable bonds is 5. The standard InChI is InChI=1S/C25H22F3N3O2S/c1-14(2)16-8-10-17(11-9-16)18-12-34-23-21(18)24(33)31(13-29-23)15(3)22(32)30-20-7-5-4-6-19(20)25(26,27)28/h4-15H,1-3H3,(H,30,32). The molecule has 0 spiro atoms. The van der Waals surface area contributed by atoms with Gasteiger partial charge in [-0.05, 0) is 36.1 Å². The molecular formula is C25H22F3N3O2S. The lowest BCUT2D eigenvalue weighted by atomic mass is 9.99. The molecular weight excluding hydrogens is 463 g/mol. The van der Waals surface area contributed by atoms with Crippen LogP contribution in [-0.2, 0) is 11.0 Å². The normalized spacial score (nSPS) is 12.8. The minimum Gasteiger partial charge on any atom is -0.324 e. The number of nitrogens with zero attached hydrogens (tertiary/aromatic N) is 2. The molecule has 0 fully saturated rings. The van der Waals surface area contributed by atoms with Crippen LogP contribution in [0.15, 0.2) is 65.0 Å². The van der Waals surface area contributed by atoms with E-state index in [-0.39, 0.29) is 5.69 Å². The first-order chi connectivity index (χ1) is 16.1. The van der Waals surface area contributed by atoms with Gasteiger partial charge in [-0.2, -0.15) is 13.2 Å². The van der Waals surface area contributed by atoms with Crippen LogP contribution in [0.3, 0.4) is 0 Å². The zero-order valence-corrected chi connectivity index (χ0v) is 19.5. The van der Waals surface area contributed by atoms with E-state index in [4.69, 9.17) is 0 Å². The number of hydrogen-bond donors (Lipinski definition) is 1. The van der Waals surface area contributed by atoms with Crippen molar-refractivity contribution < 1.29 is 18.0 Å². The fourth-order valence-corrected chi connectivity index (χ4v) is 4.59. The summed E-state index contributed by atoms with van der Waals surface area (Å²) >= 11 is 1.32. The molecule has 0 aliphatic heterocycles. The molecule has 2 aromatic carbocycles. The maximum atomic E-state index is 13.4. The van der Waals surface area contributed by atoms with Crippen molar-refractivity contribution in [1.82, 2.24) is 9.55 Å². The van der Waals surface area contributed by atoms with Gasteiger partial charge < -0.3 is 5.32 Å². The van der Waals surface area contributed by atoms with Crippen LogP contribution in [0, 0.1) is 0 Å². The highest BCUT2D eigenvalue weighted by molar-refractivity contribution is 7.17. The number of amides is 1. The van der Waals surface area contributed by atoms with Crippen LogP contribution in [0.1, 0.15) is 43.9 Å². The molecule has 1 N–H and O–H groups in total. The number of alkyl halides is 3. The van der Waals surface area contributed by atoms with Crippen molar-refractivity contribution in [3.8, 4) is 11.1 Å². The number of hydrogen-bond acceptors (Lipinski definition) is 4. The van der Waals surface area contributed by atoms with Gasteiger partial charge in [-0.25, -0.2) is 4.98 Å². The molecule has 4 rings (SSSR count). The Labute approximate surface area is 197 Å². The average Bonchev–Trinajstić information content (AvgIpc) is 3.23. The molecule has 2 aromatic heterocycles. The maximum absolute atomic E-state index is 13.4. The number of fused-ring (bicyclic) bond motifs is 1. The predicted molar refractivity (Wildman–Crippen MR) is 128 cm³/mol. The number of carbonyl (C=O) groups is 1. The summed E-state index contributed by atoms with van der Waals surface area (Å²) in [5.74, 6) is -0.382. The van der Waals surface area contributed by atoms with Crippen LogP contribution in [0.25, 0.3) is 21.3 Å². The Balaban J connectivity index is 1.69. The van der Waals surface area contributed by atoms with Crippen molar-refractivity contribution in [2.24, 2.45) is 0 Å². The molecule has 0 radical (unpaired) electrons. The van der Waals surface area contributed by atoms with Gasteiger partial charge in [-0.3, -0.25) is 14.2 Å².